The number of hydrogen-bond donors (Lipinski definition) is 1. The molecule has 36 heavy (non-hydrogen) atoms. The molecular weight excluding hydrogens is 450 g/mol. The van der Waals surface area contributed by atoms with Gasteiger partial charge in [-0.2, -0.15) is 0 Å². The van der Waals surface area contributed by atoms with Gasteiger partial charge in [-0.05, 0) is 77.8 Å². The topological polar surface area (TPSA) is 72.5 Å². The average molecular weight is 478 g/mol. The largest absolute Gasteiger partial charge is 0.454 e. The van der Waals surface area contributed by atoms with Crippen molar-refractivity contribution >= 4 is 33.5 Å². The molecule has 2 heterocycles. The standard InChI is InChI=1S/C31H27NO4/c1-31(2,3)21-13-11-18(12-14-21)30(34)32-28-22-9-4-5-10-25(22)36-29(28)24-17-27(33)35-26-16-20-8-6-7-19(20)15-23(24)26/h4-5,9-17H,6-8H2,1-3H3,(H,32,34). The van der Waals surface area contributed by atoms with E-state index in [2.05, 4.69) is 32.2 Å². The summed E-state index contributed by atoms with van der Waals surface area (Å²) in [6, 6.07) is 20.7. The van der Waals surface area contributed by atoms with Crippen molar-refractivity contribution in [2.75, 3.05) is 5.32 Å². The Morgan fingerprint density at radius 2 is 1.56 bits per heavy atom. The van der Waals surface area contributed by atoms with Crippen LogP contribution in [0.3, 0.4) is 0 Å². The minimum absolute atomic E-state index is 0.00142. The zero-order valence-electron chi connectivity index (χ0n) is 20.6. The third-order valence-electron chi connectivity index (χ3n) is 7.05. The van der Waals surface area contributed by atoms with E-state index in [9.17, 15) is 9.59 Å². The Kier molecular flexibility index (Phi) is 5.11. The van der Waals surface area contributed by atoms with E-state index < -0.39 is 5.63 Å². The average Bonchev–Trinajstić information content (AvgIpc) is 3.46. The summed E-state index contributed by atoms with van der Waals surface area (Å²) in [5.74, 6) is 0.211. The number of para-hydroxylation sites is 1. The Balaban J connectivity index is 1.49. The Hall–Kier alpha value is -4.12. The van der Waals surface area contributed by atoms with Crippen molar-refractivity contribution in [1.82, 2.24) is 0 Å². The number of rotatable bonds is 3. The maximum atomic E-state index is 13.4. The number of anilines is 1. The third kappa shape index (κ3) is 3.81. The summed E-state index contributed by atoms with van der Waals surface area (Å²) >= 11 is 0. The molecule has 5 nitrogen and oxygen atoms in total. The van der Waals surface area contributed by atoms with Gasteiger partial charge in [-0.15, -0.1) is 0 Å². The molecule has 0 fully saturated rings. The maximum absolute atomic E-state index is 13.4. The maximum Gasteiger partial charge on any atom is 0.336 e. The molecule has 0 radical (unpaired) electrons. The molecule has 0 saturated heterocycles. The molecule has 1 aliphatic carbocycles. The van der Waals surface area contributed by atoms with Gasteiger partial charge in [0.2, 0.25) is 0 Å². The predicted molar refractivity (Wildman–Crippen MR) is 143 cm³/mol. The molecule has 180 valence electrons. The summed E-state index contributed by atoms with van der Waals surface area (Å²) < 4.78 is 11.8. The number of hydrogen-bond acceptors (Lipinski definition) is 4. The molecule has 0 aliphatic heterocycles. The van der Waals surface area contributed by atoms with Crippen molar-refractivity contribution in [3.05, 3.63) is 99.4 Å². The summed E-state index contributed by atoms with van der Waals surface area (Å²) in [7, 11) is 0. The smallest absolute Gasteiger partial charge is 0.336 e. The van der Waals surface area contributed by atoms with Crippen LogP contribution in [-0.4, -0.2) is 5.91 Å². The number of aryl methyl sites for hydroxylation is 2. The van der Waals surface area contributed by atoms with Gasteiger partial charge in [0.15, 0.2) is 5.76 Å². The fourth-order valence-electron chi connectivity index (χ4n) is 5.08. The summed E-state index contributed by atoms with van der Waals surface area (Å²) in [5, 5.41) is 4.66. The van der Waals surface area contributed by atoms with E-state index in [1.54, 1.807) is 0 Å². The van der Waals surface area contributed by atoms with Crippen LogP contribution in [0.1, 0.15) is 54.2 Å². The van der Waals surface area contributed by atoms with Crippen LogP contribution < -0.4 is 10.9 Å². The van der Waals surface area contributed by atoms with E-state index in [-0.39, 0.29) is 11.3 Å². The SMILES string of the molecule is CC(C)(C)c1ccc(C(=O)Nc2c(-c3cc(=O)oc4cc5c(cc34)CCC5)oc3ccccc23)cc1. The Labute approximate surface area is 208 Å². The minimum atomic E-state index is -0.453. The number of benzene rings is 3. The first-order chi connectivity index (χ1) is 17.3. The molecule has 3 aromatic carbocycles. The number of carbonyl (C=O) groups excluding carboxylic acids is 1. The molecule has 5 heteroatoms. The second-order valence-corrected chi connectivity index (χ2v) is 10.5. The molecular formula is C31H27NO4. The molecule has 0 unspecified atom stereocenters. The van der Waals surface area contributed by atoms with Gasteiger partial charge in [0.1, 0.15) is 11.2 Å². The van der Waals surface area contributed by atoms with Crippen molar-refractivity contribution in [1.29, 1.82) is 0 Å². The van der Waals surface area contributed by atoms with Crippen molar-refractivity contribution in [3.63, 3.8) is 0 Å². The number of carbonyl (C=O) groups is 1. The molecule has 1 N–H and O–H groups in total. The Morgan fingerprint density at radius 1 is 0.833 bits per heavy atom. The number of nitrogens with one attached hydrogen (secondary N) is 1. The van der Waals surface area contributed by atoms with E-state index in [0.717, 1.165) is 35.6 Å². The zero-order chi connectivity index (χ0) is 25.0. The molecule has 2 aromatic heterocycles. The lowest BCUT2D eigenvalue weighted by Gasteiger charge is -2.19. The van der Waals surface area contributed by atoms with Crippen LogP contribution in [0.5, 0.6) is 0 Å². The monoisotopic (exact) mass is 477 g/mol. The van der Waals surface area contributed by atoms with Gasteiger partial charge in [0, 0.05) is 28.0 Å². The number of amides is 1. The van der Waals surface area contributed by atoms with Crippen LogP contribution in [-0.2, 0) is 18.3 Å². The fraction of sp³-hybridized carbons (Fsp3) is 0.226. The Morgan fingerprint density at radius 3 is 2.31 bits per heavy atom. The first kappa shape index (κ1) is 22.4. The molecule has 0 atom stereocenters. The summed E-state index contributed by atoms with van der Waals surface area (Å²) in [6.07, 6.45) is 3.07. The third-order valence-corrected chi connectivity index (χ3v) is 7.05. The van der Waals surface area contributed by atoms with Gasteiger partial charge in [-0.25, -0.2) is 4.79 Å². The van der Waals surface area contributed by atoms with Crippen molar-refractivity contribution in [2.24, 2.45) is 0 Å². The van der Waals surface area contributed by atoms with Crippen molar-refractivity contribution in [3.8, 4) is 11.3 Å². The van der Waals surface area contributed by atoms with E-state index in [1.807, 2.05) is 54.6 Å². The number of furan rings is 1. The zero-order valence-corrected chi connectivity index (χ0v) is 20.6. The lowest BCUT2D eigenvalue weighted by Crippen LogP contribution is -2.14. The summed E-state index contributed by atoms with van der Waals surface area (Å²) in [6.45, 7) is 6.42. The predicted octanol–water partition coefficient (Wildman–Crippen LogP) is 7.24. The number of fused-ring (bicyclic) bond motifs is 3. The van der Waals surface area contributed by atoms with Crippen LogP contribution in [0.15, 0.2) is 80.4 Å². The highest BCUT2D eigenvalue weighted by Gasteiger charge is 2.23. The van der Waals surface area contributed by atoms with Crippen LogP contribution >= 0.6 is 0 Å². The molecule has 0 spiro atoms. The van der Waals surface area contributed by atoms with Crippen LogP contribution in [0, 0.1) is 0 Å². The molecule has 1 aliphatic rings. The van der Waals surface area contributed by atoms with Crippen LogP contribution in [0.2, 0.25) is 0 Å². The first-order valence-electron chi connectivity index (χ1n) is 12.3. The lowest BCUT2D eigenvalue weighted by atomic mass is 9.86. The van der Waals surface area contributed by atoms with E-state index in [1.165, 1.54) is 17.2 Å². The second kappa shape index (κ2) is 8.23. The molecule has 5 aromatic rings. The minimum Gasteiger partial charge on any atom is -0.454 e. The molecule has 6 rings (SSSR count). The van der Waals surface area contributed by atoms with E-state index in [4.69, 9.17) is 8.83 Å². The van der Waals surface area contributed by atoms with Gasteiger partial charge < -0.3 is 14.2 Å². The molecule has 0 bridgehead atoms. The van der Waals surface area contributed by atoms with Gasteiger partial charge in [-0.3, -0.25) is 4.79 Å². The van der Waals surface area contributed by atoms with Gasteiger partial charge >= 0.3 is 5.63 Å². The highest BCUT2D eigenvalue weighted by molar-refractivity contribution is 6.13. The van der Waals surface area contributed by atoms with Crippen molar-refractivity contribution < 1.29 is 13.6 Å². The highest BCUT2D eigenvalue weighted by atomic mass is 16.4. The lowest BCUT2D eigenvalue weighted by molar-refractivity contribution is 0.102. The van der Waals surface area contributed by atoms with Crippen molar-refractivity contribution in [2.45, 2.75) is 45.4 Å². The quantitative estimate of drug-likeness (QED) is 0.278. The van der Waals surface area contributed by atoms with Crippen LogP contribution in [0.25, 0.3) is 33.3 Å². The summed E-state index contributed by atoms with van der Waals surface area (Å²) in [5.41, 5.74) is 6.07. The normalized spacial score (nSPS) is 13.3. The Bertz CT molecular complexity index is 1700. The molecule has 0 saturated carbocycles. The van der Waals surface area contributed by atoms with Gasteiger partial charge in [0.05, 0.1) is 5.69 Å². The van der Waals surface area contributed by atoms with E-state index >= 15 is 0 Å². The van der Waals surface area contributed by atoms with Crippen LogP contribution in [0.4, 0.5) is 5.69 Å². The van der Waals surface area contributed by atoms with Gasteiger partial charge in [-0.1, -0.05) is 45.0 Å². The fourth-order valence-corrected chi connectivity index (χ4v) is 5.08. The van der Waals surface area contributed by atoms with Gasteiger partial charge in [0.25, 0.3) is 5.91 Å². The second-order valence-electron chi connectivity index (χ2n) is 10.5. The highest BCUT2D eigenvalue weighted by Crippen LogP contribution is 2.41. The van der Waals surface area contributed by atoms with E-state index in [0.29, 0.717) is 33.7 Å². The first-order valence-corrected chi connectivity index (χ1v) is 12.3. The molecule has 1 amide bonds. The summed E-state index contributed by atoms with van der Waals surface area (Å²) in [4.78, 5) is 25.9.